The van der Waals surface area contributed by atoms with Crippen molar-refractivity contribution in [2.75, 3.05) is 30.3 Å². The number of aromatic nitrogens is 3. The number of hydrogen-bond donors (Lipinski definition) is 2. The molecule has 3 heterocycles. The smallest absolute Gasteiger partial charge is 0.410 e. The maximum absolute atomic E-state index is 12.3. The molecule has 0 aliphatic carbocycles. The number of benzene rings is 2. The van der Waals surface area contributed by atoms with Gasteiger partial charge in [0, 0.05) is 42.3 Å². The molecule has 0 atom stereocenters. The van der Waals surface area contributed by atoms with Crippen LogP contribution in [0.3, 0.4) is 0 Å². The fourth-order valence-corrected chi connectivity index (χ4v) is 4.65. The summed E-state index contributed by atoms with van der Waals surface area (Å²) in [6.07, 6.45) is 3.98. The summed E-state index contributed by atoms with van der Waals surface area (Å²) in [7, 11) is 0. The molecule has 2 N–H and O–H groups in total. The van der Waals surface area contributed by atoms with Gasteiger partial charge in [0.1, 0.15) is 35.9 Å². The van der Waals surface area contributed by atoms with Crippen LogP contribution in [0.1, 0.15) is 26.5 Å². The monoisotopic (exact) mass is 616 g/mol. The highest BCUT2D eigenvalue weighted by atomic mass is 35.5. The Balaban J connectivity index is 1.30. The molecular formula is C32H33ClN6O5. The fraction of sp³-hybridized carbons (Fsp3) is 0.281. The minimum absolute atomic E-state index is 0.115. The van der Waals surface area contributed by atoms with E-state index in [4.69, 9.17) is 25.8 Å². The van der Waals surface area contributed by atoms with Crippen molar-refractivity contribution in [1.29, 1.82) is 0 Å². The van der Waals surface area contributed by atoms with Gasteiger partial charge < -0.3 is 29.7 Å². The number of amides is 2. The van der Waals surface area contributed by atoms with E-state index in [0.29, 0.717) is 64.3 Å². The number of rotatable bonds is 10. The van der Waals surface area contributed by atoms with Crippen LogP contribution in [-0.4, -0.2) is 57.1 Å². The molecule has 1 aliphatic rings. The van der Waals surface area contributed by atoms with E-state index in [1.54, 1.807) is 35.4 Å². The molecule has 1 fully saturated rings. The molecule has 2 aromatic heterocycles. The van der Waals surface area contributed by atoms with Crippen molar-refractivity contribution in [3.05, 3.63) is 84.4 Å². The Kier molecular flexibility index (Phi) is 9.15. The first-order valence-electron chi connectivity index (χ1n) is 14.0. The number of anilines is 3. The van der Waals surface area contributed by atoms with E-state index in [1.165, 1.54) is 12.4 Å². The summed E-state index contributed by atoms with van der Waals surface area (Å²) in [6, 6.07) is 14.4. The lowest BCUT2D eigenvalue weighted by Gasteiger charge is -2.39. The zero-order valence-electron chi connectivity index (χ0n) is 24.7. The van der Waals surface area contributed by atoms with Crippen molar-refractivity contribution in [3.63, 3.8) is 0 Å². The van der Waals surface area contributed by atoms with Crippen LogP contribution in [0.4, 0.5) is 22.0 Å². The quantitative estimate of drug-likeness (QED) is 0.195. The Labute approximate surface area is 260 Å². The highest BCUT2D eigenvalue weighted by Gasteiger charge is 2.34. The molecular weight excluding hydrogens is 584 g/mol. The van der Waals surface area contributed by atoms with Gasteiger partial charge in [0.25, 0.3) is 0 Å². The minimum Gasteiger partial charge on any atom is -0.491 e. The first kappa shape index (κ1) is 30.6. The van der Waals surface area contributed by atoms with Gasteiger partial charge >= 0.3 is 6.09 Å². The van der Waals surface area contributed by atoms with E-state index in [0.717, 1.165) is 5.69 Å². The number of hydrogen-bond acceptors (Lipinski definition) is 9. The number of carbonyl (C=O) groups excluding carboxylic acids is 2. The second-order valence-electron chi connectivity index (χ2n) is 11.2. The lowest BCUT2D eigenvalue weighted by molar-refractivity contribution is -0.111. The zero-order chi connectivity index (χ0) is 31.3. The number of nitrogens with one attached hydrogen (secondary N) is 2. The summed E-state index contributed by atoms with van der Waals surface area (Å²) in [5.41, 5.74) is 1.94. The molecule has 5 rings (SSSR count). The summed E-state index contributed by atoms with van der Waals surface area (Å²) >= 11 is 6.51. The summed E-state index contributed by atoms with van der Waals surface area (Å²) < 4.78 is 17.4. The van der Waals surface area contributed by atoms with Gasteiger partial charge in [-0.3, -0.25) is 9.78 Å². The summed E-state index contributed by atoms with van der Waals surface area (Å²) in [6.45, 7) is 10.7. The second kappa shape index (κ2) is 13.2. The van der Waals surface area contributed by atoms with Gasteiger partial charge in [-0.15, -0.1) is 0 Å². The molecule has 12 heteroatoms. The van der Waals surface area contributed by atoms with Crippen LogP contribution in [0.2, 0.25) is 5.02 Å². The molecule has 4 aromatic rings. The number of carbonyl (C=O) groups is 2. The van der Waals surface area contributed by atoms with Crippen molar-refractivity contribution < 1.29 is 23.8 Å². The zero-order valence-corrected chi connectivity index (χ0v) is 25.4. The van der Waals surface area contributed by atoms with Crippen LogP contribution >= 0.6 is 11.6 Å². The van der Waals surface area contributed by atoms with Crippen LogP contribution < -0.4 is 20.1 Å². The highest BCUT2D eigenvalue weighted by molar-refractivity contribution is 6.32. The van der Waals surface area contributed by atoms with Gasteiger partial charge in [0.15, 0.2) is 0 Å². The first-order chi connectivity index (χ1) is 21.1. The van der Waals surface area contributed by atoms with Gasteiger partial charge in [-0.25, -0.2) is 14.8 Å². The minimum atomic E-state index is -0.553. The van der Waals surface area contributed by atoms with Gasteiger partial charge in [-0.2, -0.15) is 0 Å². The topological polar surface area (TPSA) is 128 Å². The summed E-state index contributed by atoms with van der Waals surface area (Å²) in [5.74, 6) is 1.18. The molecule has 0 spiro atoms. The van der Waals surface area contributed by atoms with Crippen LogP contribution in [-0.2, 0) is 16.1 Å². The van der Waals surface area contributed by atoms with Gasteiger partial charge in [0.05, 0.1) is 28.5 Å². The van der Waals surface area contributed by atoms with E-state index in [-0.39, 0.29) is 18.6 Å². The molecule has 0 saturated carbocycles. The number of ether oxygens (including phenoxy) is 3. The Bertz CT molecular complexity index is 1670. The average molecular weight is 617 g/mol. The van der Waals surface area contributed by atoms with Crippen molar-refractivity contribution in [3.8, 4) is 11.5 Å². The molecule has 1 saturated heterocycles. The fourth-order valence-electron chi connectivity index (χ4n) is 4.41. The summed E-state index contributed by atoms with van der Waals surface area (Å²) in [4.78, 5) is 39.3. The first-order valence-corrected chi connectivity index (χ1v) is 14.4. The SMILES string of the molecule is C=CC(=O)Nc1cc2c(Nc3ccc(OCc4ccccn4)c(Cl)c3)ncnc2cc1OCC1CN(C(=O)OC(C)(C)C)C1. The number of halogens is 1. The molecule has 0 bridgehead atoms. The van der Waals surface area contributed by atoms with Crippen molar-refractivity contribution in [2.45, 2.75) is 33.0 Å². The van der Waals surface area contributed by atoms with Crippen molar-refractivity contribution >= 4 is 51.7 Å². The van der Waals surface area contributed by atoms with Gasteiger partial charge in [0.2, 0.25) is 5.91 Å². The predicted octanol–water partition coefficient (Wildman–Crippen LogP) is 6.37. The van der Waals surface area contributed by atoms with Gasteiger partial charge in [-0.1, -0.05) is 24.2 Å². The number of pyridine rings is 1. The van der Waals surface area contributed by atoms with Crippen LogP contribution in [0.25, 0.3) is 10.9 Å². The molecule has 11 nitrogen and oxygen atoms in total. The Morgan fingerprint density at radius 3 is 2.59 bits per heavy atom. The lowest BCUT2D eigenvalue weighted by atomic mass is 10.0. The van der Waals surface area contributed by atoms with E-state index in [2.05, 4.69) is 32.2 Å². The van der Waals surface area contributed by atoms with Crippen LogP contribution in [0, 0.1) is 5.92 Å². The third-order valence-corrected chi connectivity index (χ3v) is 6.86. The van der Waals surface area contributed by atoms with Crippen molar-refractivity contribution in [1.82, 2.24) is 19.9 Å². The van der Waals surface area contributed by atoms with E-state index in [9.17, 15) is 9.59 Å². The third kappa shape index (κ3) is 7.73. The maximum Gasteiger partial charge on any atom is 0.410 e. The summed E-state index contributed by atoms with van der Waals surface area (Å²) in [5, 5.41) is 7.14. The van der Waals surface area contributed by atoms with E-state index < -0.39 is 11.5 Å². The van der Waals surface area contributed by atoms with E-state index in [1.807, 2.05) is 45.0 Å². The Morgan fingerprint density at radius 1 is 1.07 bits per heavy atom. The molecule has 2 aromatic carbocycles. The third-order valence-electron chi connectivity index (χ3n) is 6.56. The molecule has 228 valence electrons. The molecule has 44 heavy (non-hydrogen) atoms. The second-order valence-corrected chi connectivity index (χ2v) is 11.6. The van der Waals surface area contributed by atoms with E-state index >= 15 is 0 Å². The normalized spacial score (nSPS) is 13.1. The molecule has 0 unspecified atom stereocenters. The van der Waals surface area contributed by atoms with Gasteiger partial charge in [-0.05, 0) is 63.2 Å². The average Bonchev–Trinajstić information content (AvgIpc) is 2.96. The van der Waals surface area contributed by atoms with Crippen LogP contribution in [0.5, 0.6) is 11.5 Å². The Hall–Kier alpha value is -4.90. The molecule has 1 aliphatic heterocycles. The van der Waals surface area contributed by atoms with Crippen molar-refractivity contribution in [2.24, 2.45) is 5.92 Å². The molecule has 0 radical (unpaired) electrons. The number of fused-ring (bicyclic) bond motifs is 1. The number of nitrogens with zero attached hydrogens (tertiary/aromatic N) is 4. The predicted molar refractivity (Wildman–Crippen MR) is 168 cm³/mol. The standard InChI is InChI=1S/C32H33ClN6O5/c1-5-29(40)38-26-13-23-25(14-28(26)42-17-20-15-39(16-20)31(41)44-32(2,3)4)35-19-36-30(23)37-21-9-10-27(24(33)12-21)43-18-22-8-6-7-11-34-22/h5-14,19-20H,1,15-18H2,2-4H3,(H,38,40)(H,35,36,37). The largest absolute Gasteiger partial charge is 0.491 e. The molecule has 2 amide bonds. The van der Waals surface area contributed by atoms with Crippen LogP contribution in [0.15, 0.2) is 73.7 Å². The lowest BCUT2D eigenvalue weighted by Crippen LogP contribution is -2.53. The highest BCUT2D eigenvalue weighted by Crippen LogP contribution is 2.35. The Morgan fingerprint density at radius 2 is 1.89 bits per heavy atom. The number of likely N-dealkylation sites (tertiary alicyclic amines) is 1. The maximum atomic E-state index is 12.3.